The fourth-order valence-electron chi connectivity index (χ4n) is 3.99. The highest BCUT2D eigenvalue weighted by Crippen LogP contribution is 2.35. The van der Waals surface area contributed by atoms with E-state index in [1.807, 2.05) is 67.6 Å². The van der Waals surface area contributed by atoms with Crippen molar-refractivity contribution in [1.82, 2.24) is 15.2 Å². The summed E-state index contributed by atoms with van der Waals surface area (Å²) >= 11 is 1.18. The zero-order chi connectivity index (χ0) is 23.8. The number of aromatic nitrogens is 2. The van der Waals surface area contributed by atoms with E-state index in [4.69, 9.17) is 13.3 Å². The normalized spacial score (nSPS) is 15.6. The van der Waals surface area contributed by atoms with Gasteiger partial charge in [-0.3, -0.25) is 4.79 Å². The Morgan fingerprint density at radius 2 is 1.91 bits per heavy atom. The topological polar surface area (TPSA) is 97.9 Å². The summed E-state index contributed by atoms with van der Waals surface area (Å²) in [7, 11) is 0. The number of hydrogen-bond acceptors (Lipinski definition) is 8. The van der Waals surface area contributed by atoms with Gasteiger partial charge in [0.25, 0.3) is 11.1 Å². The number of nitrogens with zero attached hydrogens (tertiary/aromatic N) is 4. The van der Waals surface area contributed by atoms with Gasteiger partial charge in [0.1, 0.15) is 23.1 Å². The number of benzene rings is 2. The Morgan fingerprint density at radius 1 is 1.06 bits per heavy atom. The van der Waals surface area contributed by atoms with Crippen LogP contribution >= 0.6 is 11.8 Å². The lowest BCUT2D eigenvalue weighted by atomic mass is 10.1. The zero-order valence-electron chi connectivity index (χ0n) is 18.7. The third kappa shape index (κ3) is 4.26. The second kappa shape index (κ2) is 8.92. The second-order valence-corrected chi connectivity index (χ2v) is 9.12. The van der Waals surface area contributed by atoms with Crippen molar-refractivity contribution in [2.24, 2.45) is 5.10 Å². The first-order valence-corrected chi connectivity index (χ1v) is 12.1. The molecule has 1 unspecified atom stereocenters. The highest BCUT2D eigenvalue weighted by molar-refractivity contribution is 7.99. The molecule has 0 aliphatic carbocycles. The lowest BCUT2D eigenvalue weighted by molar-refractivity contribution is -0.130. The monoisotopic (exact) mass is 484 g/mol. The molecule has 0 radical (unpaired) electrons. The van der Waals surface area contributed by atoms with E-state index >= 15 is 0 Å². The lowest BCUT2D eigenvalue weighted by Gasteiger charge is -2.19. The van der Waals surface area contributed by atoms with Gasteiger partial charge in [-0.15, -0.1) is 10.2 Å². The maximum absolute atomic E-state index is 13.2. The Bertz CT molecular complexity index is 1490. The number of carbonyl (C=O) groups is 1. The Labute approximate surface area is 204 Å². The van der Waals surface area contributed by atoms with Crippen LogP contribution in [0.5, 0.6) is 0 Å². The molecule has 9 heteroatoms. The first kappa shape index (κ1) is 21.4. The standard InChI is InChI=1S/C26H20N4O4S/c1-16-8-10-17(11-9-16)25-27-28-26(34-25)35-15-24(31)30-20(22-7-4-12-32-22)14-19(29-30)23-13-18-5-2-3-6-21(18)33-23/h2-13,20H,14-15H2,1H3. The van der Waals surface area contributed by atoms with Gasteiger partial charge in [-0.1, -0.05) is 47.7 Å². The van der Waals surface area contributed by atoms with Crippen LogP contribution in [0.4, 0.5) is 0 Å². The van der Waals surface area contributed by atoms with Crippen molar-refractivity contribution in [2.75, 3.05) is 5.75 Å². The van der Waals surface area contributed by atoms with E-state index in [0.717, 1.165) is 22.1 Å². The molecule has 35 heavy (non-hydrogen) atoms. The van der Waals surface area contributed by atoms with Crippen molar-refractivity contribution in [2.45, 2.75) is 24.6 Å². The molecular weight excluding hydrogens is 464 g/mol. The van der Waals surface area contributed by atoms with Crippen molar-refractivity contribution in [1.29, 1.82) is 0 Å². The van der Waals surface area contributed by atoms with E-state index < -0.39 is 0 Å². The molecule has 0 bridgehead atoms. The van der Waals surface area contributed by atoms with Gasteiger partial charge in [-0.2, -0.15) is 5.10 Å². The number of hydrazone groups is 1. The minimum Gasteiger partial charge on any atom is -0.467 e. The van der Waals surface area contributed by atoms with Crippen LogP contribution in [0.1, 0.15) is 29.5 Å². The smallest absolute Gasteiger partial charge is 0.277 e. The van der Waals surface area contributed by atoms with Crippen LogP contribution in [0.15, 0.2) is 96.6 Å². The van der Waals surface area contributed by atoms with Crippen molar-refractivity contribution in [3.8, 4) is 11.5 Å². The van der Waals surface area contributed by atoms with Crippen molar-refractivity contribution in [3.63, 3.8) is 0 Å². The number of fused-ring (bicyclic) bond motifs is 1. The van der Waals surface area contributed by atoms with Gasteiger partial charge in [0, 0.05) is 17.4 Å². The van der Waals surface area contributed by atoms with Gasteiger partial charge >= 0.3 is 0 Å². The minimum atomic E-state index is -0.355. The molecule has 0 fully saturated rings. The van der Waals surface area contributed by atoms with Gasteiger partial charge < -0.3 is 13.3 Å². The van der Waals surface area contributed by atoms with Crippen molar-refractivity contribution in [3.05, 3.63) is 90.1 Å². The summed E-state index contributed by atoms with van der Waals surface area (Å²) < 4.78 is 17.4. The molecule has 1 amide bonds. The molecule has 1 aliphatic heterocycles. The number of amides is 1. The van der Waals surface area contributed by atoms with Crippen LogP contribution in [0, 0.1) is 6.92 Å². The number of thioether (sulfide) groups is 1. The third-order valence-electron chi connectivity index (χ3n) is 5.77. The molecule has 1 aliphatic rings. The summed E-state index contributed by atoms with van der Waals surface area (Å²) in [6, 6.07) is 20.8. The Hall–Kier alpha value is -4.11. The zero-order valence-corrected chi connectivity index (χ0v) is 19.6. The predicted molar refractivity (Wildman–Crippen MR) is 131 cm³/mol. The Morgan fingerprint density at radius 3 is 2.71 bits per heavy atom. The molecule has 4 heterocycles. The van der Waals surface area contributed by atoms with E-state index in [2.05, 4.69) is 15.3 Å². The van der Waals surface area contributed by atoms with Gasteiger partial charge in [0.05, 0.1) is 12.0 Å². The number of rotatable bonds is 6. The molecular formula is C26H20N4O4S. The Kier molecular flexibility index (Phi) is 5.46. The largest absolute Gasteiger partial charge is 0.467 e. The van der Waals surface area contributed by atoms with Crippen LogP contribution in [-0.4, -0.2) is 32.6 Å². The van der Waals surface area contributed by atoms with Gasteiger partial charge in [-0.05, 0) is 43.3 Å². The molecule has 0 saturated heterocycles. The summed E-state index contributed by atoms with van der Waals surface area (Å²) in [6.45, 7) is 2.01. The maximum Gasteiger partial charge on any atom is 0.277 e. The molecule has 2 aromatic carbocycles. The molecule has 0 saturated carbocycles. The van der Waals surface area contributed by atoms with Crippen LogP contribution in [0.2, 0.25) is 0 Å². The van der Waals surface area contributed by atoms with E-state index in [9.17, 15) is 4.79 Å². The second-order valence-electron chi connectivity index (χ2n) is 8.20. The van der Waals surface area contributed by atoms with Crippen LogP contribution in [0.3, 0.4) is 0 Å². The molecule has 174 valence electrons. The average molecular weight is 485 g/mol. The van der Waals surface area contributed by atoms with Gasteiger partial charge in [-0.25, -0.2) is 5.01 Å². The quantitative estimate of drug-likeness (QED) is 0.279. The van der Waals surface area contributed by atoms with E-state index in [-0.39, 0.29) is 17.7 Å². The fraction of sp³-hybridized carbons (Fsp3) is 0.154. The highest BCUT2D eigenvalue weighted by atomic mass is 32.2. The van der Waals surface area contributed by atoms with E-state index in [1.54, 1.807) is 12.3 Å². The van der Waals surface area contributed by atoms with Gasteiger partial charge in [0.15, 0.2) is 5.76 Å². The SMILES string of the molecule is Cc1ccc(-c2nnc(SCC(=O)N3N=C(c4cc5ccccc5o4)CC3c3ccco3)o2)cc1. The fourth-order valence-corrected chi connectivity index (χ4v) is 4.60. The van der Waals surface area contributed by atoms with Gasteiger partial charge in [0.2, 0.25) is 5.89 Å². The van der Waals surface area contributed by atoms with Crippen molar-refractivity contribution >= 4 is 34.3 Å². The van der Waals surface area contributed by atoms with Crippen LogP contribution in [0.25, 0.3) is 22.4 Å². The van der Waals surface area contributed by atoms with E-state index in [0.29, 0.717) is 34.8 Å². The summed E-state index contributed by atoms with van der Waals surface area (Å²) in [5.41, 5.74) is 3.45. The average Bonchev–Trinajstić information content (AvgIpc) is 3.67. The molecule has 0 spiro atoms. The van der Waals surface area contributed by atoms with E-state index in [1.165, 1.54) is 16.8 Å². The minimum absolute atomic E-state index is 0.0870. The lowest BCUT2D eigenvalue weighted by Crippen LogP contribution is -2.28. The van der Waals surface area contributed by atoms with Crippen LogP contribution < -0.4 is 0 Å². The first-order valence-electron chi connectivity index (χ1n) is 11.1. The third-order valence-corrected chi connectivity index (χ3v) is 6.57. The highest BCUT2D eigenvalue weighted by Gasteiger charge is 2.36. The number of hydrogen-bond donors (Lipinski definition) is 0. The maximum atomic E-state index is 13.2. The number of furan rings is 2. The molecule has 8 nitrogen and oxygen atoms in total. The number of carbonyl (C=O) groups excluding carboxylic acids is 1. The predicted octanol–water partition coefficient (Wildman–Crippen LogP) is 5.85. The molecule has 6 rings (SSSR count). The summed E-state index contributed by atoms with van der Waals surface area (Å²) in [5, 5.41) is 15.6. The summed E-state index contributed by atoms with van der Waals surface area (Å²) in [5.74, 6) is 1.62. The first-order chi connectivity index (χ1) is 17.1. The Balaban J connectivity index is 1.21. The summed E-state index contributed by atoms with van der Waals surface area (Å²) in [6.07, 6.45) is 2.08. The molecule has 5 aromatic rings. The number of aryl methyl sites for hydroxylation is 1. The molecule has 1 atom stereocenters. The molecule has 3 aromatic heterocycles. The number of para-hydroxylation sites is 1. The van der Waals surface area contributed by atoms with Crippen molar-refractivity contribution < 1.29 is 18.0 Å². The van der Waals surface area contributed by atoms with Crippen LogP contribution in [-0.2, 0) is 4.79 Å². The molecule has 0 N–H and O–H groups in total. The summed E-state index contributed by atoms with van der Waals surface area (Å²) in [4.78, 5) is 13.2.